The van der Waals surface area contributed by atoms with E-state index in [2.05, 4.69) is 20.9 Å². The van der Waals surface area contributed by atoms with E-state index in [0.717, 1.165) is 44.8 Å². The minimum absolute atomic E-state index is 0. The standard InChI is InChI=1S/C19H30N4O3.2ClH/c1-20-15-18(24)22-17(14-16-6-3-2-4-7-16)19(25)21-8-5-9-23-10-12-26-13-11-23;;/h2-4,6-7,17,20H,5,8-15H2,1H3,(H,21,25)(H,22,24);2*1H/t17-;;/m1../s1. The minimum atomic E-state index is -0.568. The summed E-state index contributed by atoms with van der Waals surface area (Å²) in [6.45, 7) is 5.19. The fourth-order valence-corrected chi connectivity index (χ4v) is 2.93. The SMILES string of the molecule is CNCC(=O)N[C@H](Cc1ccccc1)C(=O)NCCCN1CCOCC1.Cl.Cl. The normalized spacial score (nSPS) is 14.9. The van der Waals surface area contributed by atoms with E-state index < -0.39 is 6.04 Å². The van der Waals surface area contributed by atoms with Crippen LogP contribution in [-0.4, -0.2) is 75.7 Å². The molecular weight excluding hydrogens is 403 g/mol. The first-order valence-corrected chi connectivity index (χ1v) is 9.24. The lowest BCUT2D eigenvalue weighted by Gasteiger charge is -2.26. The number of halogens is 2. The van der Waals surface area contributed by atoms with Crippen molar-refractivity contribution in [1.82, 2.24) is 20.9 Å². The molecule has 1 heterocycles. The number of hydrogen-bond acceptors (Lipinski definition) is 5. The maximum absolute atomic E-state index is 12.6. The van der Waals surface area contributed by atoms with Crippen molar-refractivity contribution in [1.29, 1.82) is 0 Å². The largest absolute Gasteiger partial charge is 0.379 e. The summed E-state index contributed by atoms with van der Waals surface area (Å²) in [5.74, 6) is -0.322. The van der Waals surface area contributed by atoms with Gasteiger partial charge in [-0.1, -0.05) is 30.3 Å². The van der Waals surface area contributed by atoms with Crippen LogP contribution < -0.4 is 16.0 Å². The number of ether oxygens (including phenoxy) is 1. The molecule has 0 radical (unpaired) electrons. The maximum atomic E-state index is 12.6. The molecule has 2 amide bonds. The Morgan fingerprint density at radius 1 is 1.14 bits per heavy atom. The summed E-state index contributed by atoms with van der Waals surface area (Å²) in [5, 5.41) is 8.58. The Hall–Kier alpha value is -1.38. The average Bonchev–Trinajstić information content (AvgIpc) is 2.66. The molecule has 0 spiro atoms. The number of amides is 2. The number of hydrogen-bond donors (Lipinski definition) is 3. The Kier molecular flexibility index (Phi) is 14.8. The van der Waals surface area contributed by atoms with Gasteiger partial charge in [0.15, 0.2) is 0 Å². The molecule has 160 valence electrons. The lowest BCUT2D eigenvalue weighted by Crippen LogP contribution is -2.50. The van der Waals surface area contributed by atoms with E-state index in [9.17, 15) is 9.59 Å². The molecule has 3 N–H and O–H groups in total. The smallest absolute Gasteiger partial charge is 0.242 e. The fourth-order valence-electron chi connectivity index (χ4n) is 2.93. The highest BCUT2D eigenvalue weighted by molar-refractivity contribution is 5.88. The minimum Gasteiger partial charge on any atom is -0.379 e. The molecule has 1 fully saturated rings. The van der Waals surface area contributed by atoms with E-state index in [4.69, 9.17) is 4.74 Å². The van der Waals surface area contributed by atoms with E-state index in [1.165, 1.54) is 0 Å². The lowest BCUT2D eigenvalue weighted by atomic mass is 10.1. The highest BCUT2D eigenvalue weighted by Crippen LogP contribution is 2.04. The van der Waals surface area contributed by atoms with Gasteiger partial charge in [-0.2, -0.15) is 0 Å². The van der Waals surface area contributed by atoms with E-state index in [1.807, 2.05) is 30.3 Å². The van der Waals surface area contributed by atoms with Crippen molar-refractivity contribution >= 4 is 36.6 Å². The molecule has 1 aromatic carbocycles. The average molecular weight is 435 g/mol. The second-order valence-corrected chi connectivity index (χ2v) is 6.44. The summed E-state index contributed by atoms with van der Waals surface area (Å²) in [6, 6.07) is 9.15. The monoisotopic (exact) mass is 434 g/mol. The summed E-state index contributed by atoms with van der Waals surface area (Å²) < 4.78 is 5.33. The molecule has 0 unspecified atom stereocenters. The number of nitrogens with zero attached hydrogens (tertiary/aromatic N) is 1. The Morgan fingerprint density at radius 3 is 2.46 bits per heavy atom. The molecule has 0 aromatic heterocycles. The third-order valence-electron chi connectivity index (χ3n) is 4.33. The molecule has 1 atom stereocenters. The highest BCUT2D eigenvalue weighted by Gasteiger charge is 2.20. The zero-order valence-corrected chi connectivity index (χ0v) is 17.9. The van der Waals surface area contributed by atoms with E-state index in [0.29, 0.717) is 13.0 Å². The van der Waals surface area contributed by atoms with Gasteiger partial charge in [0, 0.05) is 26.1 Å². The van der Waals surface area contributed by atoms with Gasteiger partial charge in [0.25, 0.3) is 0 Å². The van der Waals surface area contributed by atoms with Crippen LogP contribution in [0.25, 0.3) is 0 Å². The van der Waals surface area contributed by atoms with Crippen LogP contribution in [-0.2, 0) is 20.7 Å². The van der Waals surface area contributed by atoms with Crippen molar-refractivity contribution in [2.45, 2.75) is 18.9 Å². The first kappa shape index (κ1) is 26.6. The first-order chi connectivity index (χ1) is 12.7. The van der Waals surface area contributed by atoms with Crippen LogP contribution in [0.2, 0.25) is 0 Å². The molecule has 0 bridgehead atoms. The van der Waals surface area contributed by atoms with Crippen LogP contribution >= 0.6 is 24.8 Å². The van der Waals surface area contributed by atoms with Crippen molar-refractivity contribution in [3.8, 4) is 0 Å². The number of likely N-dealkylation sites (N-methyl/N-ethyl adjacent to an activating group) is 1. The molecule has 9 heteroatoms. The molecule has 28 heavy (non-hydrogen) atoms. The quantitative estimate of drug-likeness (QED) is 0.470. The predicted octanol–water partition coefficient (Wildman–Crippen LogP) is 0.615. The summed E-state index contributed by atoms with van der Waals surface area (Å²) in [6.07, 6.45) is 1.36. The van der Waals surface area contributed by atoms with Crippen LogP contribution in [0.15, 0.2) is 30.3 Å². The van der Waals surface area contributed by atoms with Crippen LogP contribution in [0.4, 0.5) is 0 Å². The van der Waals surface area contributed by atoms with E-state index >= 15 is 0 Å². The Balaban J connectivity index is 0.00000364. The number of carbonyl (C=O) groups is 2. The van der Waals surface area contributed by atoms with Gasteiger partial charge in [-0.3, -0.25) is 14.5 Å². The number of benzene rings is 1. The third kappa shape index (κ3) is 10.2. The van der Waals surface area contributed by atoms with Gasteiger partial charge in [0.2, 0.25) is 11.8 Å². The first-order valence-electron chi connectivity index (χ1n) is 9.24. The van der Waals surface area contributed by atoms with Crippen molar-refractivity contribution in [2.75, 3.05) is 53.0 Å². The highest BCUT2D eigenvalue weighted by atomic mass is 35.5. The van der Waals surface area contributed by atoms with Gasteiger partial charge in [0.1, 0.15) is 6.04 Å². The number of carbonyl (C=O) groups excluding carboxylic acids is 2. The number of rotatable bonds is 10. The summed E-state index contributed by atoms with van der Waals surface area (Å²) >= 11 is 0. The molecule has 1 aromatic rings. The molecule has 2 rings (SSSR count). The molecule has 1 aliphatic heterocycles. The zero-order chi connectivity index (χ0) is 18.6. The molecule has 7 nitrogen and oxygen atoms in total. The van der Waals surface area contributed by atoms with Gasteiger partial charge < -0.3 is 20.7 Å². The third-order valence-corrected chi connectivity index (χ3v) is 4.33. The molecular formula is C19H32Cl2N4O3. The number of nitrogens with one attached hydrogen (secondary N) is 3. The number of morpholine rings is 1. The Morgan fingerprint density at radius 2 is 1.82 bits per heavy atom. The molecule has 1 saturated heterocycles. The van der Waals surface area contributed by atoms with Crippen molar-refractivity contribution in [2.24, 2.45) is 0 Å². The van der Waals surface area contributed by atoms with Crippen LogP contribution in [0.3, 0.4) is 0 Å². The lowest BCUT2D eigenvalue weighted by molar-refractivity contribution is -0.128. The van der Waals surface area contributed by atoms with Crippen LogP contribution in [0.1, 0.15) is 12.0 Å². The van der Waals surface area contributed by atoms with Gasteiger partial charge in [-0.25, -0.2) is 0 Å². The van der Waals surface area contributed by atoms with E-state index in [-0.39, 0.29) is 43.2 Å². The van der Waals surface area contributed by atoms with Gasteiger partial charge in [-0.05, 0) is 25.6 Å². The van der Waals surface area contributed by atoms with Crippen LogP contribution in [0, 0.1) is 0 Å². The van der Waals surface area contributed by atoms with Gasteiger partial charge >= 0.3 is 0 Å². The fraction of sp³-hybridized carbons (Fsp3) is 0.579. The maximum Gasteiger partial charge on any atom is 0.242 e. The molecule has 1 aliphatic rings. The Bertz CT molecular complexity index is 557. The second kappa shape index (κ2) is 15.5. The summed E-state index contributed by atoms with van der Waals surface area (Å²) in [5.41, 5.74) is 1.02. The summed E-state index contributed by atoms with van der Waals surface area (Å²) in [7, 11) is 1.71. The topological polar surface area (TPSA) is 82.7 Å². The van der Waals surface area contributed by atoms with Crippen molar-refractivity contribution in [3.05, 3.63) is 35.9 Å². The zero-order valence-electron chi connectivity index (χ0n) is 16.3. The van der Waals surface area contributed by atoms with Crippen LogP contribution in [0.5, 0.6) is 0 Å². The second-order valence-electron chi connectivity index (χ2n) is 6.44. The predicted molar refractivity (Wildman–Crippen MR) is 115 cm³/mol. The van der Waals surface area contributed by atoms with E-state index in [1.54, 1.807) is 7.05 Å². The van der Waals surface area contributed by atoms with Crippen molar-refractivity contribution < 1.29 is 14.3 Å². The Labute approximate surface area is 179 Å². The molecule has 0 aliphatic carbocycles. The van der Waals surface area contributed by atoms with Crippen molar-refractivity contribution in [3.63, 3.8) is 0 Å². The summed E-state index contributed by atoms with van der Waals surface area (Å²) in [4.78, 5) is 26.8. The molecule has 0 saturated carbocycles. The van der Waals surface area contributed by atoms with Gasteiger partial charge in [0.05, 0.1) is 19.8 Å². The van der Waals surface area contributed by atoms with Gasteiger partial charge in [-0.15, -0.1) is 24.8 Å².